The zero-order valence-corrected chi connectivity index (χ0v) is 11.8. The van der Waals surface area contributed by atoms with Crippen LogP contribution in [0.25, 0.3) is 5.69 Å². The van der Waals surface area contributed by atoms with Gasteiger partial charge < -0.3 is 5.73 Å². The van der Waals surface area contributed by atoms with E-state index in [2.05, 4.69) is 16.3 Å². The fourth-order valence-corrected chi connectivity index (χ4v) is 2.69. The Bertz CT molecular complexity index is 594. The predicted molar refractivity (Wildman–Crippen MR) is 75.4 cm³/mol. The Labute approximate surface area is 116 Å². The first-order valence-corrected chi connectivity index (χ1v) is 6.96. The molecule has 100 valence electrons. The van der Waals surface area contributed by atoms with Crippen molar-refractivity contribution in [3.05, 3.63) is 35.7 Å². The second kappa shape index (κ2) is 5.88. The van der Waals surface area contributed by atoms with Crippen LogP contribution in [-0.4, -0.2) is 26.4 Å². The number of nitrogens with zero attached hydrogens (tertiary/aromatic N) is 3. The molecule has 0 bridgehead atoms. The third kappa shape index (κ3) is 3.35. The number of amides is 1. The first kappa shape index (κ1) is 13.6. The largest absolute Gasteiger partial charge is 0.370 e. The summed E-state index contributed by atoms with van der Waals surface area (Å²) in [7, 11) is 0. The van der Waals surface area contributed by atoms with E-state index in [1.54, 1.807) is 0 Å². The molecule has 0 aliphatic rings. The summed E-state index contributed by atoms with van der Waals surface area (Å²) in [5.41, 5.74) is 7.35. The van der Waals surface area contributed by atoms with Crippen LogP contribution in [0.1, 0.15) is 17.8 Å². The van der Waals surface area contributed by atoms with Crippen LogP contribution in [0.3, 0.4) is 0 Å². The number of thioether (sulfide) groups is 1. The van der Waals surface area contributed by atoms with Crippen molar-refractivity contribution < 1.29 is 4.79 Å². The van der Waals surface area contributed by atoms with Gasteiger partial charge in [-0.1, -0.05) is 23.9 Å². The number of carbonyl (C=O) groups is 1. The Hall–Kier alpha value is -1.82. The Kier molecular flexibility index (Phi) is 4.21. The van der Waals surface area contributed by atoms with Gasteiger partial charge in [0.1, 0.15) is 5.82 Å². The van der Waals surface area contributed by atoms with Gasteiger partial charge in [0.05, 0.1) is 0 Å². The SMILES string of the molecule is Cc1cccc(-n2c(C)nnc2SCCC(N)=O)c1. The molecule has 1 aromatic heterocycles. The molecule has 0 atom stereocenters. The molecule has 2 rings (SSSR count). The van der Waals surface area contributed by atoms with Gasteiger partial charge in [0.25, 0.3) is 0 Å². The molecule has 0 aliphatic carbocycles. The summed E-state index contributed by atoms with van der Waals surface area (Å²) < 4.78 is 1.98. The fourth-order valence-electron chi connectivity index (χ4n) is 1.74. The van der Waals surface area contributed by atoms with E-state index < -0.39 is 0 Å². The van der Waals surface area contributed by atoms with Crippen LogP contribution in [0.2, 0.25) is 0 Å². The molecule has 2 aromatic rings. The highest BCUT2D eigenvalue weighted by molar-refractivity contribution is 7.99. The maximum absolute atomic E-state index is 10.8. The Balaban J connectivity index is 2.25. The van der Waals surface area contributed by atoms with Crippen LogP contribution in [-0.2, 0) is 4.79 Å². The number of hydrogen-bond acceptors (Lipinski definition) is 4. The molecule has 1 heterocycles. The highest BCUT2D eigenvalue weighted by Gasteiger charge is 2.11. The van der Waals surface area contributed by atoms with Gasteiger partial charge >= 0.3 is 0 Å². The highest BCUT2D eigenvalue weighted by Crippen LogP contribution is 2.22. The van der Waals surface area contributed by atoms with Gasteiger partial charge in [-0.25, -0.2) is 0 Å². The zero-order valence-electron chi connectivity index (χ0n) is 11.0. The molecule has 1 amide bonds. The summed E-state index contributed by atoms with van der Waals surface area (Å²) >= 11 is 1.49. The quantitative estimate of drug-likeness (QED) is 0.846. The zero-order chi connectivity index (χ0) is 13.8. The number of rotatable bonds is 5. The van der Waals surface area contributed by atoms with Crippen molar-refractivity contribution in [2.24, 2.45) is 5.73 Å². The van der Waals surface area contributed by atoms with Crippen molar-refractivity contribution in [1.82, 2.24) is 14.8 Å². The fraction of sp³-hybridized carbons (Fsp3) is 0.308. The number of benzene rings is 1. The van der Waals surface area contributed by atoms with Crippen molar-refractivity contribution >= 4 is 17.7 Å². The van der Waals surface area contributed by atoms with Crippen LogP contribution < -0.4 is 5.73 Å². The van der Waals surface area contributed by atoms with E-state index in [4.69, 9.17) is 5.73 Å². The first-order valence-electron chi connectivity index (χ1n) is 5.98. The summed E-state index contributed by atoms with van der Waals surface area (Å²) in [6, 6.07) is 8.14. The van der Waals surface area contributed by atoms with E-state index in [1.807, 2.05) is 36.6 Å². The van der Waals surface area contributed by atoms with Gasteiger partial charge in [-0.15, -0.1) is 10.2 Å². The van der Waals surface area contributed by atoms with Crippen LogP contribution in [0.15, 0.2) is 29.4 Å². The van der Waals surface area contributed by atoms with Crippen LogP contribution in [0, 0.1) is 13.8 Å². The molecular weight excluding hydrogens is 260 g/mol. The number of carbonyl (C=O) groups excluding carboxylic acids is 1. The first-order chi connectivity index (χ1) is 9.08. The lowest BCUT2D eigenvalue weighted by Gasteiger charge is -2.08. The van der Waals surface area contributed by atoms with E-state index in [-0.39, 0.29) is 5.91 Å². The molecule has 5 nitrogen and oxygen atoms in total. The number of aryl methyl sites for hydroxylation is 2. The van der Waals surface area contributed by atoms with Crippen LogP contribution in [0.5, 0.6) is 0 Å². The van der Waals surface area contributed by atoms with Crippen molar-refractivity contribution in [2.75, 3.05) is 5.75 Å². The van der Waals surface area contributed by atoms with Gasteiger partial charge in [0, 0.05) is 17.9 Å². The predicted octanol–water partition coefficient (Wildman–Crippen LogP) is 1.85. The van der Waals surface area contributed by atoms with E-state index in [9.17, 15) is 4.79 Å². The molecule has 0 unspecified atom stereocenters. The number of primary amides is 1. The molecule has 0 saturated carbocycles. The maximum Gasteiger partial charge on any atom is 0.218 e. The average molecular weight is 276 g/mol. The highest BCUT2D eigenvalue weighted by atomic mass is 32.2. The summed E-state index contributed by atoms with van der Waals surface area (Å²) in [6.07, 6.45) is 0.338. The summed E-state index contributed by atoms with van der Waals surface area (Å²) in [5.74, 6) is 1.14. The van der Waals surface area contributed by atoms with E-state index in [0.29, 0.717) is 12.2 Å². The van der Waals surface area contributed by atoms with Crippen molar-refractivity contribution in [2.45, 2.75) is 25.4 Å². The molecule has 0 fully saturated rings. The van der Waals surface area contributed by atoms with Gasteiger partial charge in [-0.3, -0.25) is 9.36 Å². The Morgan fingerprint density at radius 2 is 2.16 bits per heavy atom. The molecule has 2 N–H and O–H groups in total. The lowest BCUT2D eigenvalue weighted by molar-refractivity contribution is -0.117. The van der Waals surface area contributed by atoms with Gasteiger partial charge in [0.2, 0.25) is 5.91 Å². The van der Waals surface area contributed by atoms with Crippen LogP contribution >= 0.6 is 11.8 Å². The topological polar surface area (TPSA) is 73.8 Å². The molecule has 19 heavy (non-hydrogen) atoms. The maximum atomic E-state index is 10.8. The summed E-state index contributed by atoms with van der Waals surface area (Å²) in [5, 5.41) is 9.02. The average Bonchev–Trinajstić information content (AvgIpc) is 2.70. The monoisotopic (exact) mass is 276 g/mol. The van der Waals surface area contributed by atoms with Gasteiger partial charge in [-0.2, -0.15) is 0 Å². The lowest BCUT2D eigenvalue weighted by Crippen LogP contribution is -2.11. The minimum atomic E-state index is -0.300. The molecule has 0 spiro atoms. The second-order valence-electron chi connectivity index (χ2n) is 4.27. The van der Waals surface area contributed by atoms with Crippen molar-refractivity contribution in [1.29, 1.82) is 0 Å². The number of hydrogen-bond donors (Lipinski definition) is 1. The van der Waals surface area contributed by atoms with Crippen LogP contribution in [0.4, 0.5) is 0 Å². The third-order valence-electron chi connectivity index (χ3n) is 2.63. The Morgan fingerprint density at radius 1 is 1.37 bits per heavy atom. The number of nitrogens with two attached hydrogens (primary N) is 1. The molecular formula is C13H16N4OS. The molecule has 0 radical (unpaired) electrons. The third-order valence-corrected chi connectivity index (χ3v) is 3.57. The smallest absolute Gasteiger partial charge is 0.218 e. The van der Waals surface area contributed by atoms with E-state index in [0.717, 1.165) is 16.7 Å². The van der Waals surface area contributed by atoms with Gasteiger partial charge in [0.15, 0.2) is 5.16 Å². The summed E-state index contributed by atoms with van der Waals surface area (Å²) in [6.45, 7) is 3.95. The second-order valence-corrected chi connectivity index (χ2v) is 5.33. The normalized spacial score (nSPS) is 10.6. The minimum Gasteiger partial charge on any atom is -0.370 e. The molecule has 0 aliphatic heterocycles. The lowest BCUT2D eigenvalue weighted by atomic mass is 10.2. The summed E-state index contributed by atoms with van der Waals surface area (Å²) in [4.78, 5) is 10.8. The van der Waals surface area contributed by atoms with E-state index in [1.165, 1.54) is 17.3 Å². The molecule has 0 saturated heterocycles. The van der Waals surface area contributed by atoms with Gasteiger partial charge in [-0.05, 0) is 31.5 Å². The number of aromatic nitrogens is 3. The standard InChI is InChI=1S/C13H16N4OS/c1-9-4-3-5-11(8-9)17-10(2)15-16-13(17)19-7-6-12(14)18/h3-5,8H,6-7H2,1-2H3,(H2,14,18). The molecule has 1 aromatic carbocycles. The minimum absolute atomic E-state index is 0.300. The molecule has 6 heteroatoms. The van der Waals surface area contributed by atoms with E-state index >= 15 is 0 Å². The Morgan fingerprint density at radius 3 is 2.84 bits per heavy atom. The van der Waals surface area contributed by atoms with Crippen molar-refractivity contribution in [3.8, 4) is 5.69 Å². The van der Waals surface area contributed by atoms with Crippen molar-refractivity contribution in [3.63, 3.8) is 0 Å².